The first-order valence-corrected chi connectivity index (χ1v) is 13.5. The second-order valence-electron chi connectivity index (χ2n) is 2.75. The monoisotopic (exact) mass is 384 g/mol. The molecule has 0 amide bonds. The van der Waals surface area contributed by atoms with E-state index in [1.807, 2.05) is 24.3 Å². The van der Waals surface area contributed by atoms with Crippen molar-refractivity contribution in [2.45, 2.75) is 0 Å². The molecule has 2 aromatic rings. The van der Waals surface area contributed by atoms with Crippen molar-refractivity contribution in [1.82, 2.24) is 0 Å². The number of furan rings is 1. The summed E-state index contributed by atoms with van der Waals surface area (Å²) in [4.78, 5) is 0. The molecule has 13 heavy (non-hydrogen) atoms. The Balaban J connectivity index is 2.57. The van der Waals surface area contributed by atoms with Crippen molar-refractivity contribution in [3.63, 3.8) is 0 Å². The zero-order valence-corrected chi connectivity index (χ0v) is 13.5. The predicted molar refractivity (Wildman–Crippen MR) is 48.3 cm³/mol. The minimum atomic E-state index is -1.39. The third kappa shape index (κ3) is 1.84. The third-order valence-electron chi connectivity index (χ3n) is 1.91. The van der Waals surface area contributed by atoms with Gasteiger partial charge in [-0.1, -0.05) is 0 Å². The summed E-state index contributed by atoms with van der Waals surface area (Å²) in [7, 11) is 7.51. The first-order chi connectivity index (χ1) is 6.33. The molecule has 2 nitrogen and oxygen atoms in total. The Morgan fingerprint density at radius 3 is 2.92 bits per heavy atom. The Morgan fingerprint density at radius 1 is 1.38 bits per heavy atom. The Bertz CT molecular complexity index is 422. The van der Waals surface area contributed by atoms with Crippen molar-refractivity contribution < 1.29 is 32.5 Å². The number of hydrogen-bond donors (Lipinski definition) is 0. The molecule has 0 unspecified atom stereocenters. The van der Waals surface area contributed by atoms with Crippen LogP contribution in [0.2, 0.25) is 0 Å². The van der Waals surface area contributed by atoms with Gasteiger partial charge in [-0.2, -0.15) is 0 Å². The molecular weight excluding hydrogens is 376 g/mol. The molecule has 0 fully saturated rings. The van der Waals surface area contributed by atoms with E-state index in [9.17, 15) is 0 Å². The van der Waals surface area contributed by atoms with Crippen molar-refractivity contribution in [3.8, 4) is 5.75 Å². The molecule has 0 aliphatic heterocycles. The molecule has 4 heteroatoms. The van der Waals surface area contributed by atoms with E-state index in [4.69, 9.17) is 17.4 Å². The number of benzene rings is 1. The quantitative estimate of drug-likeness (QED) is 0.743. The van der Waals surface area contributed by atoms with E-state index >= 15 is 0 Å². The van der Waals surface area contributed by atoms with E-state index in [1.165, 1.54) is 0 Å². The van der Waals surface area contributed by atoms with Gasteiger partial charge >= 0.3 is 92.1 Å². The van der Waals surface area contributed by atoms with Crippen LogP contribution in [0.25, 0.3) is 11.0 Å². The number of halogens is 1. The topological polar surface area (TPSA) is 22.4 Å². The van der Waals surface area contributed by atoms with Gasteiger partial charge in [0, 0.05) is 0 Å². The molecule has 0 bridgehead atoms. The molecule has 0 atom stereocenters. The molecule has 0 spiro atoms. The number of methoxy groups -OCH3 is 1. The van der Waals surface area contributed by atoms with Crippen LogP contribution in [0.1, 0.15) is 0 Å². The van der Waals surface area contributed by atoms with Crippen LogP contribution in [-0.4, -0.2) is 7.11 Å². The number of rotatable bonds is 2. The fourth-order valence-corrected chi connectivity index (χ4v) is 4.39. The predicted octanol–water partition coefficient (Wildman–Crippen LogP) is 2.30. The number of hydrogen-bond acceptors (Lipinski definition) is 2. The summed E-state index contributed by atoms with van der Waals surface area (Å²) >= 11 is -1.39. The summed E-state index contributed by atoms with van der Waals surface area (Å²) in [6.07, 6.45) is 0. The zero-order chi connectivity index (χ0) is 9.26. The van der Waals surface area contributed by atoms with Crippen LogP contribution in [0.15, 0.2) is 28.7 Å². The van der Waals surface area contributed by atoms with Gasteiger partial charge in [-0.05, 0) is 0 Å². The molecule has 0 aliphatic carbocycles. The molecular formula is C9H7ClHgO2. The van der Waals surface area contributed by atoms with Crippen molar-refractivity contribution >= 4 is 22.5 Å². The average Bonchev–Trinajstić information content (AvgIpc) is 2.58. The Hall–Kier alpha value is -0.215. The van der Waals surface area contributed by atoms with E-state index < -0.39 is 23.3 Å². The molecule has 0 aliphatic rings. The van der Waals surface area contributed by atoms with Crippen LogP contribution in [0.5, 0.6) is 5.75 Å². The maximum absolute atomic E-state index is 5.87. The normalized spacial score (nSPS) is 10.0. The van der Waals surface area contributed by atoms with Gasteiger partial charge in [-0.3, -0.25) is 0 Å². The van der Waals surface area contributed by atoms with Crippen molar-refractivity contribution in [2.24, 2.45) is 0 Å². The van der Waals surface area contributed by atoms with Gasteiger partial charge in [0.1, 0.15) is 0 Å². The molecule has 2 rings (SSSR count). The Labute approximate surface area is 91.7 Å². The van der Waals surface area contributed by atoms with Crippen LogP contribution in [0.3, 0.4) is 0 Å². The van der Waals surface area contributed by atoms with Crippen LogP contribution >= 0.6 is 8.25 Å². The van der Waals surface area contributed by atoms with Crippen LogP contribution in [0, 0.1) is 0 Å². The Morgan fingerprint density at radius 2 is 2.23 bits per heavy atom. The van der Waals surface area contributed by atoms with Crippen LogP contribution in [-0.2, 0) is 23.3 Å². The Kier molecular flexibility index (Phi) is 2.79. The SMILES string of the molecule is COc1ccc2c[c]([Hg][Cl])oc2c1. The summed E-state index contributed by atoms with van der Waals surface area (Å²) in [6, 6.07) is 7.83. The van der Waals surface area contributed by atoms with Crippen LogP contribution < -0.4 is 8.01 Å². The van der Waals surface area contributed by atoms with Crippen molar-refractivity contribution in [3.05, 3.63) is 24.3 Å². The van der Waals surface area contributed by atoms with Gasteiger partial charge in [-0.25, -0.2) is 0 Å². The molecule has 0 radical (unpaired) electrons. The molecule has 0 N–H and O–H groups in total. The van der Waals surface area contributed by atoms with E-state index in [0.29, 0.717) is 0 Å². The van der Waals surface area contributed by atoms with Crippen LogP contribution in [0.4, 0.5) is 0 Å². The average molecular weight is 383 g/mol. The van der Waals surface area contributed by atoms with E-state index in [1.54, 1.807) is 7.11 Å². The molecule has 1 aromatic heterocycles. The van der Waals surface area contributed by atoms with Crippen molar-refractivity contribution in [1.29, 1.82) is 0 Å². The van der Waals surface area contributed by atoms with E-state index in [-0.39, 0.29) is 0 Å². The summed E-state index contributed by atoms with van der Waals surface area (Å²) in [5.41, 5.74) is 0.870. The summed E-state index contributed by atoms with van der Waals surface area (Å²) in [5.74, 6) is 0.819. The standard InChI is InChI=1S/C9H7O2.ClH.Hg/c1-10-8-3-2-7-4-5-11-9(7)6-8;;/h2-4,6H,1H3;1H;/q;;+1/p-1. The maximum atomic E-state index is 5.87. The van der Waals surface area contributed by atoms with Gasteiger partial charge in [-0.15, -0.1) is 0 Å². The first kappa shape index (κ1) is 9.34. The fraction of sp³-hybridized carbons (Fsp3) is 0.111. The fourth-order valence-electron chi connectivity index (χ4n) is 1.26. The van der Waals surface area contributed by atoms with Gasteiger partial charge < -0.3 is 0 Å². The van der Waals surface area contributed by atoms with Gasteiger partial charge in [0.2, 0.25) is 0 Å². The van der Waals surface area contributed by atoms with Crippen molar-refractivity contribution in [2.75, 3.05) is 7.11 Å². The van der Waals surface area contributed by atoms with Gasteiger partial charge in [0.05, 0.1) is 0 Å². The minimum absolute atomic E-state index is 0.819. The summed E-state index contributed by atoms with van der Waals surface area (Å²) < 4.78 is 11.6. The first-order valence-electron chi connectivity index (χ1n) is 3.96. The number of ether oxygens (including phenoxy) is 1. The second kappa shape index (κ2) is 3.88. The van der Waals surface area contributed by atoms with E-state index in [2.05, 4.69) is 0 Å². The van der Waals surface area contributed by atoms with Gasteiger partial charge in [0.15, 0.2) is 0 Å². The molecule has 64 valence electrons. The third-order valence-corrected chi connectivity index (χ3v) is 6.60. The number of fused-ring (bicyclic) bond motifs is 1. The van der Waals surface area contributed by atoms with E-state index in [0.717, 1.165) is 20.0 Å². The molecule has 1 heterocycles. The summed E-state index contributed by atoms with van der Waals surface area (Å²) in [5, 5.41) is 1.11. The molecule has 0 saturated carbocycles. The summed E-state index contributed by atoms with van der Waals surface area (Å²) in [6.45, 7) is 0. The molecule has 1 aromatic carbocycles. The second-order valence-corrected chi connectivity index (χ2v) is 8.84. The molecule has 0 saturated heterocycles. The zero-order valence-electron chi connectivity index (χ0n) is 7.21. The van der Waals surface area contributed by atoms with Gasteiger partial charge in [0.25, 0.3) is 0 Å².